The lowest BCUT2D eigenvalue weighted by Crippen LogP contribution is -1.90. The van der Waals surface area contributed by atoms with Crippen LogP contribution in [0.5, 0.6) is 0 Å². The van der Waals surface area contributed by atoms with Crippen molar-refractivity contribution in [3.8, 4) is 22.3 Å². The van der Waals surface area contributed by atoms with E-state index in [-0.39, 0.29) is 0 Å². The van der Waals surface area contributed by atoms with E-state index in [4.69, 9.17) is 0 Å². The van der Waals surface area contributed by atoms with Crippen molar-refractivity contribution in [1.29, 1.82) is 0 Å². The van der Waals surface area contributed by atoms with Crippen LogP contribution < -0.4 is 0 Å². The molecule has 0 N–H and O–H groups in total. The lowest BCUT2D eigenvalue weighted by molar-refractivity contribution is 0.112. The normalized spacial score (nSPS) is 10.7. The molecular weight excluding hydrogens is 292 g/mol. The molecule has 0 atom stereocenters. The second kappa shape index (κ2) is 6.45. The summed E-state index contributed by atoms with van der Waals surface area (Å²) in [6.07, 6.45) is 0.929. The number of carbonyl (C=O) groups is 1. The van der Waals surface area contributed by atoms with Gasteiger partial charge in [-0.25, -0.2) is 0 Å². The largest absolute Gasteiger partial charge is 0.298 e. The first kappa shape index (κ1) is 16.2. The summed E-state index contributed by atoms with van der Waals surface area (Å²) >= 11 is 0. The molecular formula is C23H22O. The maximum absolute atomic E-state index is 11.4. The Labute approximate surface area is 144 Å². The van der Waals surface area contributed by atoms with Crippen molar-refractivity contribution in [2.24, 2.45) is 0 Å². The minimum absolute atomic E-state index is 0.709. The molecule has 0 radical (unpaired) electrons. The van der Waals surface area contributed by atoms with Gasteiger partial charge in [-0.1, -0.05) is 58.7 Å². The number of aryl methyl sites for hydroxylation is 4. The number of carbonyl (C=O) groups excluding carboxylic acids is 1. The molecule has 0 aliphatic heterocycles. The van der Waals surface area contributed by atoms with Crippen LogP contribution in [0.15, 0.2) is 54.6 Å². The lowest BCUT2D eigenvalue weighted by Gasteiger charge is -2.11. The summed E-state index contributed by atoms with van der Waals surface area (Å²) in [6, 6.07) is 19.1. The highest BCUT2D eigenvalue weighted by Crippen LogP contribution is 2.30. The molecule has 24 heavy (non-hydrogen) atoms. The van der Waals surface area contributed by atoms with E-state index in [9.17, 15) is 4.79 Å². The van der Waals surface area contributed by atoms with E-state index in [2.05, 4.69) is 70.2 Å². The zero-order valence-electron chi connectivity index (χ0n) is 14.7. The van der Waals surface area contributed by atoms with Crippen molar-refractivity contribution >= 4 is 6.29 Å². The molecule has 3 rings (SSSR count). The van der Waals surface area contributed by atoms with E-state index in [1.54, 1.807) is 0 Å². The lowest BCUT2D eigenvalue weighted by atomic mass is 9.93. The zero-order valence-corrected chi connectivity index (χ0v) is 14.7. The monoisotopic (exact) mass is 314 g/mol. The predicted molar refractivity (Wildman–Crippen MR) is 102 cm³/mol. The van der Waals surface area contributed by atoms with Crippen LogP contribution in [0.1, 0.15) is 32.6 Å². The van der Waals surface area contributed by atoms with Crippen LogP contribution >= 0.6 is 0 Å². The molecule has 1 nitrogen and oxygen atoms in total. The van der Waals surface area contributed by atoms with Crippen molar-refractivity contribution in [1.82, 2.24) is 0 Å². The van der Waals surface area contributed by atoms with Gasteiger partial charge in [-0.15, -0.1) is 0 Å². The Hall–Kier alpha value is -2.67. The summed E-state index contributed by atoms with van der Waals surface area (Å²) in [5.74, 6) is 0. The van der Waals surface area contributed by atoms with Crippen LogP contribution in [0.3, 0.4) is 0 Å². The zero-order chi connectivity index (χ0) is 17.3. The summed E-state index contributed by atoms with van der Waals surface area (Å²) in [4.78, 5) is 11.4. The van der Waals surface area contributed by atoms with Crippen LogP contribution in [0.25, 0.3) is 22.3 Å². The molecule has 0 heterocycles. The Bertz CT molecular complexity index is 809. The summed E-state index contributed by atoms with van der Waals surface area (Å²) in [6.45, 7) is 8.41. The molecule has 0 saturated heterocycles. The molecule has 0 bridgehead atoms. The van der Waals surface area contributed by atoms with Gasteiger partial charge in [0.15, 0.2) is 0 Å². The Balaban J connectivity index is 2.20. The third-order valence-corrected chi connectivity index (χ3v) is 4.20. The third-order valence-electron chi connectivity index (χ3n) is 4.20. The molecule has 0 unspecified atom stereocenters. The average molecular weight is 314 g/mol. The van der Waals surface area contributed by atoms with Crippen molar-refractivity contribution in [3.05, 3.63) is 82.4 Å². The standard InChI is InChI=1S/C23H22O/c1-15-5-16(2)8-20(7-15)22-11-19(14-24)12-23(13-22)21-9-17(3)6-18(4)10-21/h5-14H,1-4H3. The molecule has 0 aromatic heterocycles. The summed E-state index contributed by atoms with van der Waals surface area (Å²) in [5.41, 5.74) is 10.1. The highest BCUT2D eigenvalue weighted by atomic mass is 16.1. The molecule has 3 aromatic rings. The van der Waals surface area contributed by atoms with E-state index in [1.807, 2.05) is 12.1 Å². The fraction of sp³-hybridized carbons (Fsp3) is 0.174. The number of benzene rings is 3. The van der Waals surface area contributed by atoms with Crippen LogP contribution in [0.2, 0.25) is 0 Å². The van der Waals surface area contributed by atoms with E-state index >= 15 is 0 Å². The van der Waals surface area contributed by atoms with Crippen molar-refractivity contribution in [3.63, 3.8) is 0 Å². The fourth-order valence-electron chi connectivity index (χ4n) is 3.34. The molecule has 0 spiro atoms. The second-order valence-electron chi connectivity index (χ2n) is 6.71. The van der Waals surface area contributed by atoms with Gasteiger partial charge in [0, 0.05) is 5.56 Å². The third kappa shape index (κ3) is 3.46. The SMILES string of the molecule is Cc1cc(C)cc(-c2cc(C=O)cc(-c3cc(C)cc(C)c3)c2)c1. The molecule has 0 saturated carbocycles. The molecule has 1 heteroatoms. The number of rotatable bonds is 3. The second-order valence-corrected chi connectivity index (χ2v) is 6.71. The first-order valence-corrected chi connectivity index (χ1v) is 8.22. The summed E-state index contributed by atoms with van der Waals surface area (Å²) < 4.78 is 0. The minimum atomic E-state index is 0.709. The first-order valence-electron chi connectivity index (χ1n) is 8.22. The van der Waals surface area contributed by atoms with Gasteiger partial charge < -0.3 is 0 Å². The minimum Gasteiger partial charge on any atom is -0.298 e. The van der Waals surface area contributed by atoms with Crippen molar-refractivity contribution < 1.29 is 4.79 Å². The van der Waals surface area contributed by atoms with Gasteiger partial charge in [-0.05, 0) is 68.1 Å². The Morgan fingerprint density at radius 1 is 0.500 bits per heavy atom. The molecule has 0 aliphatic rings. The van der Waals surface area contributed by atoms with Gasteiger partial charge in [-0.2, -0.15) is 0 Å². The predicted octanol–water partition coefficient (Wildman–Crippen LogP) is 6.07. The highest BCUT2D eigenvalue weighted by molar-refractivity contribution is 5.84. The maximum atomic E-state index is 11.4. The topological polar surface area (TPSA) is 17.1 Å². The molecule has 120 valence electrons. The first-order chi connectivity index (χ1) is 11.4. The van der Waals surface area contributed by atoms with Crippen LogP contribution in [-0.4, -0.2) is 6.29 Å². The maximum Gasteiger partial charge on any atom is 0.150 e. The van der Waals surface area contributed by atoms with E-state index in [1.165, 1.54) is 22.3 Å². The Morgan fingerprint density at radius 3 is 1.17 bits per heavy atom. The van der Waals surface area contributed by atoms with E-state index in [0.29, 0.717) is 5.56 Å². The van der Waals surface area contributed by atoms with Gasteiger partial charge in [-0.3, -0.25) is 4.79 Å². The smallest absolute Gasteiger partial charge is 0.150 e. The van der Waals surface area contributed by atoms with E-state index < -0.39 is 0 Å². The van der Waals surface area contributed by atoms with Gasteiger partial charge in [0.2, 0.25) is 0 Å². The molecule has 3 aromatic carbocycles. The summed E-state index contributed by atoms with van der Waals surface area (Å²) in [7, 11) is 0. The molecule has 0 fully saturated rings. The Kier molecular flexibility index (Phi) is 4.35. The van der Waals surface area contributed by atoms with Gasteiger partial charge in [0.05, 0.1) is 0 Å². The number of aldehydes is 1. The highest BCUT2D eigenvalue weighted by Gasteiger charge is 2.07. The van der Waals surface area contributed by atoms with Crippen LogP contribution in [0, 0.1) is 27.7 Å². The van der Waals surface area contributed by atoms with Gasteiger partial charge >= 0.3 is 0 Å². The fourth-order valence-corrected chi connectivity index (χ4v) is 3.34. The molecule has 0 amide bonds. The van der Waals surface area contributed by atoms with E-state index in [0.717, 1.165) is 28.5 Å². The number of hydrogen-bond donors (Lipinski definition) is 0. The average Bonchev–Trinajstić information content (AvgIpc) is 2.52. The van der Waals surface area contributed by atoms with Gasteiger partial charge in [0.1, 0.15) is 6.29 Å². The summed E-state index contributed by atoms with van der Waals surface area (Å²) in [5, 5.41) is 0. The van der Waals surface area contributed by atoms with Gasteiger partial charge in [0.25, 0.3) is 0 Å². The van der Waals surface area contributed by atoms with Crippen LogP contribution in [0.4, 0.5) is 0 Å². The van der Waals surface area contributed by atoms with Crippen molar-refractivity contribution in [2.75, 3.05) is 0 Å². The van der Waals surface area contributed by atoms with Crippen LogP contribution in [-0.2, 0) is 0 Å². The Morgan fingerprint density at radius 2 is 0.833 bits per heavy atom. The van der Waals surface area contributed by atoms with Crippen molar-refractivity contribution in [2.45, 2.75) is 27.7 Å². The number of hydrogen-bond acceptors (Lipinski definition) is 1. The molecule has 0 aliphatic carbocycles. The quantitative estimate of drug-likeness (QED) is 0.536.